The quantitative estimate of drug-likeness (QED) is 0.562. The summed E-state index contributed by atoms with van der Waals surface area (Å²) in [5.74, 6) is 6.53. The van der Waals surface area contributed by atoms with Crippen LogP contribution in [0.3, 0.4) is 0 Å². The summed E-state index contributed by atoms with van der Waals surface area (Å²) in [5, 5.41) is 0. The van der Waals surface area contributed by atoms with Crippen molar-refractivity contribution in [1.29, 1.82) is 0 Å². The Kier molecular flexibility index (Phi) is 2.12. The van der Waals surface area contributed by atoms with Crippen LogP contribution in [0.25, 0.3) is 0 Å². The van der Waals surface area contributed by atoms with Crippen LogP contribution in [0.5, 0.6) is 0 Å². The summed E-state index contributed by atoms with van der Waals surface area (Å²) < 4.78 is 0. The van der Waals surface area contributed by atoms with Crippen molar-refractivity contribution >= 4 is 0 Å². The van der Waals surface area contributed by atoms with Crippen molar-refractivity contribution in [2.45, 2.75) is 20.3 Å². The third-order valence-electron chi connectivity index (χ3n) is 1.76. The Bertz CT molecular complexity index is 182. The highest BCUT2D eigenvalue weighted by Gasteiger charge is 2.10. The van der Waals surface area contributed by atoms with Crippen LogP contribution in [0, 0.1) is 5.92 Å². The van der Waals surface area contributed by atoms with E-state index in [-0.39, 0.29) is 0 Å². The molecule has 10 heavy (non-hydrogen) atoms. The first-order valence-corrected chi connectivity index (χ1v) is 3.48. The molecule has 56 valence electrons. The molecule has 0 radical (unpaired) electrons. The lowest BCUT2D eigenvalue weighted by Crippen LogP contribution is -2.07. The van der Waals surface area contributed by atoms with Crippen LogP contribution >= 0.6 is 0 Å². The Morgan fingerprint density at radius 2 is 2.40 bits per heavy atom. The summed E-state index contributed by atoms with van der Waals surface area (Å²) >= 11 is 0. The lowest BCUT2D eigenvalue weighted by Gasteiger charge is -2.15. The minimum Gasteiger partial charge on any atom is -0.416 e. The Morgan fingerprint density at radius 3 is 2.90 bits per heavy atom. The van der Waals surface area contributed by atoms with Gasteiger partial charge in [0, 0.05) is 6.42 Å². The molecule has 0 saturated heterocycles. The predicted octanol–water partition coefficient (Wildman–Crippen LogP) is 1.75. The maximum absolute atomic E-state index is 5.06. The van der Waals surface area contributed by atoms with E-state index in [1.807, 2.05) is 6.92 Å². The summed E-state index contributed by atoms with van der Waals surface area (Å²) in [5.41, 5.74) is 1.14. The molecule has 0 bridgehead atoms. The van der Waals surface area contributed by atoms with Crippen LogP contribution < -0.4 is 5.90 Å². The molecule has 0 aromatic rings. The van der Waals surface area contributed by atoms with E-state index >= 15 is 0 Å². The molecule has 0 saturated carbocycles. The maximum atomic E-state index is 5.06. The Hall–Kier alpha value is -0.760. The van der Waals surface area contributed by atoms with E-state index in [9.17, 15) is 0 Å². The lowest BCUT2D eigenvalue weighted by molar-refractivity contribution is 0.199. The van der Waals surface area contributed by atoms with Gasteiger partial charge in [0.25, 0.3) is 0 Å². The fraction of sp³-hybridized carbons (Fsp3) is 0.500. The van der Waals surface area contributed by atoms with E-state index in [1.54, 1.807) is 0 Å². The maximum Gasteiger partial charge on any atom is 0.127 e. The molecular weight excluding hydrogens is 126 g/mol. The van der Waals surface area contributed by atoms with Crippen LogP contribution in [0.2, 0.25) is 0 Å². The summed E-state index contributed by atoms with van der Waals surface area (Å²) in [6.45, 7) is 4.15. The normalized spacial score (nSPS) is 25.3. The SMILES string of the molecule is CC1=C(ON)CC(C)C=C1. The highest BCUT2D eigenvalue weighted by atomic mass is 16.6. The van der Waals surface area contributed by atoms with Crippen LogP contribution in [0.1, 0.15) is 20.3 Å². The largest absolute Gasteiger partial charge is 0.416 e. The van der Waals surface area contributed by atoms with Crippen molar-refractivity contribution in [2.24, 2.45) is 11.8 Å². The first-order chi connectivity index (χ1) is 4.74. The molecule has 1 aliphatic rings. The molecule has 0 heterocycles. The second-order valence-corrected chi connectivity index (χ2v) is 2.76. The smallest absolute Gasteiger partial charge is 0.127 e. The zero-order valence-electron chi connectivity index (χ0n) is 6.42. The van der Waals surface area contributed by atoms with Gasteiger partial charge in [-0.2, -0.15) is 5.90 Å². The lowest BCUT2D eigenvalue weighted by atomic mass is 9.98. The van der Waals surface area contributed by atoms with Crippen LogP contribution in [-0.2, 0) is 4.84 Å². The minimum absolute atomic E-state index is 0.558. The molecule has 0 aromatic carbocycles. The third-order valence-corrected chi connectivity index (χ3v) is 1.76. The summed E-state index contributed by atoms with van der Waals surface area (Å²) in [6, 6.07) is 0. The molecule has 2 nitrogen and oxygen atoms in total. The highest BCUT2D eigenvalue weighted by Crippen LogP contribution is 2.22. The van der Waals surface area contributed by atoms with Crippen molar-refractivity contribution in [3.8, 4) is 0 Å². The Balaban J connectivity index is 2.74. The van der Waals surface area contributed by atoms with Gasteiger partial charge >= 0.3 is 0 Å². The fourth-order valence-electron chi connectivity index (χ4n) is 1.06. The number of hydrogen-bond acceptors (Lipinski definition) is 2. The van der Waals surface area contributed by atoms with Gasteiger partial charge in [0.1, 0.15) is 5.76 Å². The van der Waals surface area contributed by atoms with Gasteiger partial charge in [0.2, 0.25) is 0 Å². The monoisotopic (exact) mass is 139 g/mol. The van der Waals surface area contributed by atoms with Gasteiger partial charge in [0.15, 0.2) is 0 Å². The first-order valence-electron chi connectivity index (χ1n) is 3.48. The second kappa shape index (κ2) is 2.88. The fourth-order valence-corrected chi connectivity index (χ4v) is 1.06. The minimum atomic E-state index is 0.558. The second-order valence-electron chi connectivity index (χ2n) is 2.76. The molecule has 0 aliphatic heterocycles. The number of rotatable bonds is 1. The zero-order valence-corrected chi connectivity index (χ0v) is 6.42. The van der Waals surface area contributed by atoms with Gasteiger partial charge in [-0.1, -0.05) is 19.1 Å². The van der Waals surface area contributed by atoms with Crippen LogP contribution in [0.15, 0.2) is 23.5 Å². The van der Waals surface area contributed by atoms with Gasteiger partial charge < -0.3 is 4.84 Å². The molecule has 1 aliphatic carbocycles. The van der Waals surface area contributed by atoms with E-state index in [2.05, 4.69) is 19.1 Å². The van der Waals surface area contributed by atoms with E-state index in [4.69, 9.17) is 10.7 Å². The van der Waals surface area contributed by atoms with Crippen molar-refractivity contribution < 1.29 is 4.84 Å². The van der Waals surface area contributed by atoms with E-state index in [0.717, 1.165) is 17.8 Å². The number of allylic oxidation sites excluding steroid dienone is 4. The predicted molar refractivity (Wildman–Crippen MR) is 40.9 cm³/mol. The summed E-state index contributed by atoms with van der Waals surface area (Å²) in [4.78, 5) is 4.70. The molecule has 0 spiro atoms. The molecule has 0 fully saturated rings. The van der Waals surface area contributed by atoms with Crippen molar-refractivity contribution in [2.75, 3.05) is 0 Å². The Morgan fingerprint density at radius 1 is 1.70 bits per heavy atom. The molecule has 2 N–H and O–H groups in total. The molecule has 2 heteroatoms. The van der Waals surface area contributed by atoms with E-state index in [0.29, 0.717) is 5.92 Å². The van der Waals surface area contributed by atoms with Crippen molar-refractivity contribution in [3.05, 3.63) is 23.5 Å². The van der Waals surface area contributed by atoms with E-state index < -0.39 is 0 Å². The van der Waals surface area contributed by atoms with Gasteiger partial charge in [-0.15, -0.1) is 0 Å². The van der Waals surface area contributed by atoms with Gasteiger partial charge in [-0.25, -0.2) is 0 Å². The van der Waals surface area contributed by atoms with Crippen LogP contribution in [0.4, 0.5) is 0 Å². The first kappa shape index (κ1) is 7.35. The average molecular weight is 139 g/mol. The zero-order chi connectivity index (χ0) is 7.56. The average Bonchev–Trinajstić information content (AvgIpc) is 1.94. The number of hydrogen-bond donors (Lipinski definition) is 1. The van der Waals surface area contributed by atoms with Crippen molar-refractivity contribution in [3.63, 3.8) is 0 Å². The molecular formula is C8H13NO. The highest BCUT2D eigenvalue weighted by molar-refractivity contribution is 5.25. The summed E-state index contributed by atoms with van der Waals surface area (Å²) in [6.07, 6.45) is 5.15. The molecule has 0 aromatic heterocycles. The number of nitrogens with two attached hydrogens (primary N) is 1. The van der Waals surface area contributed by atoms with Gasteiger partial charge in [-0.05, 0) is 18.4 Å². The molecule has 1 atom stereocenters. The molecule has 0 amide bonds. The van der Waals surface area contributed by atoms with Gasteiger partial charge in [-0.3, -0.25) is 0 Å². The molecule has 1 rings (SSSR count). The topological polar surface area (TPSA) is 35.2 Å². The Labute approximate surface area is 61.3 Å². The third kappa shape index (κ3) is 1.39. The molecule has 1 unspecified atom stereocenters. The van der Waals surface area contributed by atoms with Crippen molar-refractivity contribution in [1.82, 2.24) is 0 Å². The van der Waals surface area contributed by atoms with Crippen LogP contribution in [-0.4, -0.2) is 0 Å². The standard InChI is InChI=1S/C8H13NO/c1-6-3-4-7(2)8(5-6)10-9/h3-4,6H,5,9H2,1-2H3. The van der Waals surface area contributed by atoms with E-state index in [1.165, 1.54) is 0 Å². The van der Waals surface area contributed by atoms with Gasteiger partial charge in [0.05, 0.1) is 0 Å². The summed E-state index contributed by atoms with van der Waals surface area (Å²) in [7, 11) is 0.